The highest BCUT2D eigenvalue weighted by Crippen LogP contribution is 2.18. The van der Waals surface area contributed by atoms with Crippen molar-refractivity contribution in [2.75, 3.05) is 0 Å². The number of aromatic amines is 2. The molecule has 0 spiro atoms. The molecule has 22 heavy (non-hydrogen) atoms. The molecule has 0 aliphatic heterocycles. The molecule has 0 aliphatic carbocycles. The fraction of sp³-hybridized carbons (Fsp3) is 0.312. The van der Waals surface area contributed by atoms with Gasteiger partial charge in [0.25, 0.3) is 0 Å². The van der Waals surface area contributed by atoms with Crippen LogP contribution in [0.25, 0.3) is 0 Å². The number of hydrogen-bond acceptors (Lipinski definition) is 4. The molecule has 0 aromatic carbocycles. The second-order valence-electron chi connectivity index (χ2n) is 5.48. The largest absolute Gasteiger partial charge is 0.347 e. The van der Waals surface area contributed by atoms with Crippen molar-refractivity contribution in [3.05, 3.63) is 65.8 Å². The van der Waals surface area contributed by atoms with Crippen LogP contribution < -0.4 is 5.32 Å². The number of rotatable bonds is 6. The Morgan fingerprint density at radius 2 is 2.14 bits per heavy atom. The maximum Gasteiger partial charge on any atom is 0.129 e. The first-order chi connectivity index (χ1) is 10.7. The first-order valence-electron chi connectivity index (χ1n) is 7.39. The Kier molecular flexibility index (Phi) is 4.29. The summed E-state index contributed by atoms with van der Waals surface area (Å²) < 4.78 is 0. The van der Waals surface area contributed by atoms with Gasteiger partial charge in [-0.05, 0) is 32.0 Å². The van der Waals surface area contributed by atoms with Gasteiger partial charge < -0.3 is 4.98 Å². The first-order valence-corrected chi connectivity index (χ1v) is 7.39. The Labute approximate surface area is 129 Å². The van der Waals surface area contributed by atoms with Crippen molar-refractivity contribution < 1.29 is 0 Å². The summed E-state index contributed by atoms with van der Waals surface area (Å²) in [5.74, 6) is 0.865. The number of hydrogen-bond donors (Lipinski definition) is 3. The van der Waals surface area contributed by atoms with Crippen LogP contribution in [0.3, 0.4) is 0 Å². The summed E-state index contributed by atoms with van der Waals surface area (Å²) in [5, 5.41) is 10.9. The van der Waals surface area contributed by atoms with E-state index in [0.717, 1.165) is 29.3 Å². The molecule has 0 radical (unpaired) electrons. The molecule has 0 saturated heterocycles. The average molecular weight is 296 g/mol. The van der Waals surface area contributed by atoms with Gasteiger partial charge in [0.15, 0.2) is 0 Å². The molecule has 3 aromatic heterocycles. The minimum absolute atomic E-state index is 0.0637. The van der Waals surface area contributed by atoms with Crippen molar-refractivity contribution in [3.8, 4) is 0 Å². The summed E-state index contributed by atoms with van der Waals surface area (Å²) in [4.78, 5) is 12.0. The van der Waals surface area contributed by atoms with Gasteiger partial charge >= 0.3 is 0 Å². The quantitative estimate of drug-likeness (QED) is 0.651. The molecule has 0 saturated carbocycles. The number of pyridine rings is 1. The first kappa shape index (κ1) is 14.5. The van der Waals surface area contributed by atoms with Crippen LogP contribution in [0.5, 0.6) is 0 Å². The highest BCUT2D eigenvalue weighted by atomic mass is 15.1. The number of aryl methyl sites for hydroxylation is 1. The van der Waals surface area contributed by atoms with Gasteiger partial charge in [0.1, 0.15) is 11.9 Å². The summed E-state index contributed by atoms with van der Waals surface area (Å²) in [5.41, 5.74) is 3.08. The molecule has 3 rings (SSSR count). The third-order valence-electron chi connectivity index (χ3n) is 3.50. The molecule has 2 unspecified atom stereocenters. The highest BCUT2D eigenvalue weighted by Gasteiger charge is 2.20. The van der Waals surface area contributed by atoms with Crippen molar-refractivity contribution in [1.29, 1.82) is 0 Å². The SMILES string of the molecule is Cc1cc(CC(C)NC(c2ccccn2)c2ncc[nH]2)n[nH]1. The highest BCUT2D eigenvalue weighted by molar-refractivity contribution is 5.18. The predicted molar refractivity (Wildman–Crippen MR) is 84.3 cm³/mol. The summed E-state index contributed by atoms with van der Waals surface area (Å²) in [6.07, 6.45) is 6.23. The molecule has 3 heterocycles. The Morgan fingerprint density at radius 3 is 2.77 bits per heavy atom. The van der Waals surface area contributed by atoms with Crippen LogP contribution in [0, 0.1) is 6.92 Å². The zero-order valence-electron chi connectivity index (χ0n) is 12.7. The molecule has 0 bridgehead atoms. The average Bonchev–Trinajstić information content (AvgIpc) is 3.18. The van der Waals surface area contributed by atoms with Crippen molar-refractivity contribution in [2.45, 2.75) is 32.4 Å². The van der Waals surface area contributed by atoms with Crippen molar-refractivity contribution >= 4 is 0 Å². The Bertz CT molecular complexity index is 689. The second kappa shape index (κ2) is 6.53. The van der Waals surface area contributed by atoms with Gasteiger partial charge in [-0.25, -0.2) is 4.98 Å². The Morgan fingerprint density at radius 1 is 1.23 bits per heavy atom. The van der Waals surface area contributed by atoms with Crippen LogP contribution in [-0.4, -0.2) is 31.2 Å². The molecule has 6 nitrogen and oxygen atoms in total. The molecule has 2 atom stereocenters. The van der Waals surface area contributed by atoms with Crippen LogP contribution in [0.15, 0.2) is 42.9 Å². The van der Waals surface area contributed by atoms with Crippen molar-refractivity contribution in [1.82, 2.24) is 30.5 Å². The fourth-order valence-corrected chi connectivity index (χ4v) is 2.52. The molecule has 3 aromatic rings. The summed E-state index contributed by atoms with van der Waals surface area (Å²) in [6.45, 7) is 4.15. The molecule has 114 valence electrons. The molecule has 0 fully saturated rings. The minimum Gasteiger partial charge on any atom is -0.347 e. The number of H-pyrrole nitrogens is 2. The third kappa shape index (κ3) is 3.40. The lowest BCUT2D eigenvalue weighted by molar-refractivity contribution is 0.473. The maximum atomic E-state index is 4.45. The van der Waals surface area contributed by atoms with Gasteiger partial charge in [0, 0.05) is 36.7 Å². The lowest BCUT2D eigenvalue weighted by Crippen LogP contribution is -2.34. The van der Waals surface area contributed by atoms with Crippen LogP contribution in [0.1, 0.15) is 35.9 Å². The number of nitrogens with one attached hydrogen (secondary N) is 3. The van der Waals surface area contributed by atoms with Crippen LogP contribution in [-0.2, 0) is 6.42 Å². The van der Waals surface area contributed by atoms with Gasteiger partial charge in [-0.15, -0.1) is 0 Å². The van der Waals surface area contributed by atoms with E-state index in [1.54, 1.807) is 12.4 Å². The van der Waals surface area contributed by atoms with E-state index >= 15 is 0 Å². The summed E-state index contributed by atoms with van der Waals surface area (Å²) >= 11 is 0. The van der Waals surface area contributed by atoms with Crippen molar-refractivity contribution in [3.63, 3.8) is 0 Å². The molecule has 6 heteroatoms. The normalized spacial score (nSPS) is 13.9. The Hall–Kier alpha value is -2.47. The maximum absolute atomic E-state index is 4.45. The standard InChI is InChI=1S/C16H20N6/c1-11(9-13-10-12(2)21-22-13)20-15(16-18-7-8-19-16)14-5-3-4-6-17-14/h3-8,10-11,15,20H,9H2,1-2H3,(H,18,19)(H,21,22). The van der Waals surface area contributed by atoms with Gasteiger partial charge in [0.05, 0.1) is 11.4 Å². The smallest absolute Gasteiger partial charge is 0.129 e. The van der Waals surface area contributed by atoms with Gasteiger partial charge in [-0.2, -0.15) is 5.10 Å². The minimum atomic E-state index is -0.0637. The number of nitrogens with zero attached hydrogens (tertiary/aromatic N) is 3. The van der Waals surface area contributed by atoms with E-state index in [2.05, 4.69) is 43.5 Å². The monoisotopic (exact) mass is 296 g/mol. The molecule has 3 N–H and O–H groups in total. The lowest BCUT2D eigenvalue weighted by atomic mass is 10.1. The van der Waals surface area contributed by atoms with Crippen molar-refractivity contribution in [2.24, 2.45) is 0 Å². The topological polar surface area (TPSA) is 82.3 Å². The zero-order chi connectivity index (χ0) is 15.4. The van der Waals surface area contributed by atoms with E-state index in [9.17, 15) is 0 Å². The summed E-state index contributed by atoms with van der Waals surface area (Å²) in [7, 11) is 0. The van der Waals surface area contributed by atoms with Crippen LogP contribution >= 0.6 is 0 Å². The molecular weight excluding hydrogens is 276 g/mol. The summed E-state index contributed by atoms with van der Waals surface area (Å²) in [6, 6.07) is 8.15. The second-order valence-corrected chi connectivity index (χ2v) is 5.48. The fourth-order valence-electron chi connectivity index (χ4n) is 2.52. The number of imidazole rings is 1. The van der Waals surface area contributed by atoms with E-state index < -0.39 is 0 Å². The predicted octanol–water partition coefficient (Wildman–Crippen LogP) is 2.15. The Balaban J connectivity index is 1.75. The van der Waals surface area contributed by atoms with E-state index in [4.69, 9.17) is 0 Å². The van der Waals surface area contributed by atoms with Crippen LogP contribution in [0.4, 0.5) is 0 Å². The molecule has 0 amide bonds. The van der Waals surface area contributed by atoms with E-state index in [0.29, 0.717) is 0 Å². The van der Waals surface area contributed by atoms with E-state index in [1.165, 1.54) is 0 Å². The molecular formula is C16H20N6. The van der Waals surface area contributed by atoms with Gasteiger partial charge in [0.2, 0.25) is 0 Å². The van der Waals surface area contributed by atoms with Crippen LogP contribution in [0.2, 0.25) is 0 Å². The van der Waals surface area contributed by atoms with E-state index in [-0.39, 0.29) is 12.1 Å². The lowest BCUT2D eigenvalue weighted by Gasteiger charge is -2.21. The van der Waals surface area contributed by atoms with E-state index in [1.807, 2.05) is 31.3 Å². The van der Waals surface area contributed by atoms with Gasteiger partial charge in [-0.1, -0.05) is 6.07 Å². The third-order valence-corrected chi connectivity index (χ3v) is 3.50. The molecule has 0 aliphatic rings. The van der Waals surface area contributed by atoms with Gasteiger partial charge in [-0.3, -0.25) is 15.4 Å². The number of aromatic nitrogens is 5. The zero-order valence-corrected chi connectivity index (χ0v) is 12.7.